The van der Waals surface area contributed by atoms with Crippen molar-refractivity contribution in [3.8, 4) is 11.5 Å². The van der Waals surface area contributed by atoms with Crippen LogP contribution in [0.15, 0.2) is 76.4 Å². The first kappa shape index (κ1) is 27.0. The Morgan fingerprint density at radius 3 is 2.59 bits per heavy atom. The number of fused-ring (bicyclic) bond motifs is 1. The lowest BCUT2D eigenvalue weighted by molar-refractivity contribution is -0.140. The van der Waals surface area contributed by atoms with Gasteiger partial charge in [0.05, 0.1) is 27.2 Å². The maximum atomic E-state index is 13.4. The minimum atomic E-state index is -0.686. The first-order chi connectivity index (χ1) is 18.9. The van der Waals surface area contributed by atoms with Gasteiger partial charge in [-0.05, 0) is 74.2 Å². The van der Waals surface area contributed by atoms with Crippen LogP contribution in [0.25, 0.3) is 0 Å². The van der Waals surface area contributed by atoms with Crippen molar-refractivity contribution in [3.05, 3.63) is 103 Å². The highest BCUT2D eigenvalue weighted by atomic mass is 79.9. The SMILES string of the molecule is COc1cc(C2C(C(=O)OCc3ccccc3)=C(C)Nc3nnnn32)cc(Br)c1OCc1ccc(Cl)c(Cl)c1. The average Bonchev–Trinajstić information content (AvgIpc) is 3.40. The number of esters is 1. The quantitative estimate of drug-likeness (QED) is 0.224. The summed E-state index contributed by atoms with van der Waals surface area (Å²) < 4.78 is 19.6. The smallest absolute Gasteiger partial charge is 0.338 e. The molecule has 0 fully saturated rings. The summed E-state index contributed by atoms with van der Waals surface area (Å²) in [6.07, 6.45) is 0. The van der Waals surface area contributed by atoms with Gasteiger partial charge in [-0.25, -0.2) is 4.79 Å². The second-order valence-corrected chi connectivity index (χ2v) is 10.3. The summed E-state index contributed by atoms with van der Waals surface area (Å²) in [4.78, 5) is 13.4. The summed E-state index contributed by atoms with van der Waals surface area (Å²) in [7, 11) is 1.54. The average molecular weight is 631 g/mol. The van der Waals surface area contributed by atoms with Gasteiger partial charge in [0.25, 0.3) is 0 Å². The number of nitrogens with zero attached hydrogens (tertiary/aromatic N) is 4. The van der Waals surface area contributed by atoms with Crippen molar-refractivity contribution in [1.82, 2.24) is 20.2 Å². The summed E-state index contributed by atoms with van der Waals surface area (Å²) in [6, 6.07) is 17.7. The number of aromatic nitrogens is 4. The highest BCUT2D eigenvalue weighted by Crippen LogP contribution is 2.43. The van der Waals surface area contributed by atoms with Crippen molar-refractivity contribution in [1.29, 1.82) is 0 Å². The Morgan fingerprint density at radius 1 is 1.05 bits per heavy atom. The summed E-state index contributed by atoms with van der Waals surface area (Å²) >= 11 is 15.8. The van der Waals surface area contributed by atoms with Gasteiger partial charge in [-0.3, -0.25) is 0 Å². The van der Waals surface area contributed by atoms with Crippen LogP contribution >= 0.6 is 39.1 Å². The topological polar surface area (TPSA) is 100 Å². The number of allylic oxidation sites excluding steroid dienone is 1. The van der Waals surface area contributed by atoms with Gasteiger partial charge in [0.1, 0.15) is 19.3 Å². The van der Waals surface area contributed by atoms with Crippen LogP contribution in [-0.2, 0) is 22.7 Å². The second kappa shape index (κ2) is 11.6. The molecule has 1 N–H and O–H groups in total. The lowest BCUT2D eigenvalue weighted by atomic mass is 9.95. The maximum absolute atomic E-state index is 13.4. The molecular formula is C27H22BrCl2N5O4. The van der Waals surface area contributed by atoms with Gasteiger partial charge in [0, 0.05) is 5.70 Å². The van der Waals surface area contributed by atoms with E-state index < -0.39 is 12.0 Å². The zero-order chi connectivity index (χ0) is 27.5. The number of tetrazole rings is 1. The molecule has 200 valence electrons. The molecule has 0 saturated carbocycles. The number of carbonyl (C=O) groups is 1. The first-order valence-corrected chi connectivity index (χ1v) is 13.3. The number of anilines is 1. The van der Waals surface area contributed by atoms with Crippen LogP contribution in [0.1, 0.15) is 29.7 Å². The summed E-state index contributed by atoms with van der Waals surface area (Å²) in [5.41, 5.74) is 3.34. The molecule has 1 aromatic heterocycles. The molecule has 0 aliphatic carbocycles. The van der Waals surface area contributed by atoms with Crippen LogP contribution in [0.4, 0.5) is 5.95 Å². The van der Waals surface area contributed by atoms with Crippen molar-refractivity contribution in [2.45, 2.75) is 26.2 Å². The lowest BCUT2D eigenvalue weighted by Crippen LogP contribution is -2.29. The number of hydrogen-bond donors (Lipinski definition) is 1. The number of rotatable bonds is 8. The number of nitrogens with one attached hydrogen (secondary N) is 1. The van der Waals surface area contributed by atoms with E-state index >= 15 is 0 Å². The van der Waals surface area contributed by atoms with Crippen LogP contribution in [0, 0.1) is 0 Å². The van der Waals surface area contributed by atoms with Crippen molar-refractivity contribution >= 4 is 51.0 Å². The Kier molecular flexibility index (Phi) is 8.06. The van der Waals surface area contributed by atoms with Crippen molar-refractivity contribution in [3.63, 3.8) is 0 Å². The molecule has 9 nitrogen and oxygen atoms in total. The highest BCUT2D eigenvalue weighted by Gasteiger charge is 2.36. The van der Waals surface area contributed by atoms with Crippen molar-refractivity contribution < 1.29 is 19.0 Å². The molecular weight excluding hydrogens is 609 g/mol. The number of benzene rings is 3. The molecule has 0 radical (unpaired) electrons. The number of methoxy groups -OCH3 is 1. The molecule has 0 bridgehead atoms. The fourth-order valence-electron chi connectivity index (χ4n) is 4.21. The van der Waals surface area contributed by atoms with Gasteiger partial charge >= 0.3 is 5.97 Å². The van der Waals surface area contributed by atoms with Crippen molar-refractivity contribution in [2.75, 3.05) is 12.4 Å². The van der Waals surface area contributed by atoms with Crippen molar-refractivity contribution in [2.24, 2.45) is 0 Å². The van der Waals surface area contributed by atoms with Crippen LogP contribution in [0.2, 0.25) is 10.0 Å². The van der Waals surface area contributed by atoms with Gasteiger partial charge < -0.3 is 19.5 Å². The maximum Gasteiger partial charge on any atom is 0.338 e. The third-order valence-corrected chi connectivity index (χ3v) is 7.41. The molecule has 3 aromatic carbocycles. The predicted molar refractivity (Wildman–Crippen MR) is 150 cm³/mol. The normalized spacial score (nSPS) is 14.4. The fraction of sp³-hybridized carbons (Fsp3) is 0.185. The zero-order valence-corrected chi connectivity index (χ0v) is 23.9. The second-order valence-electron chi connectivity index (χ2n) is 8.65. The van der Waals surface area contributed by atoms with E-state index in [1.807, 2.05) is 42.5 Å². The summed E-state index contributed by atoms with van der Waals surface area (Å²) in [5.74, 6) is 0.825. The summed E-state index contributed by atoms with van der Waals surface area (Å²) in [6.45, 7) is 2.14. The third-order valence-electron chi connectivity index (χ3n) is 6.08. The third kappa shape index (κ3) is 5.73. The van der Waals surface area contributed by atoms with E-state index in [0.29, 0.717) is 48.8 Å². The van der Waals surface area contributed by atoms with E-state index in [1.165, 1.54) is 4.68 Å². The van der Waals surface area contributed by atoms with E-state index in [0.717, 1.165) is 11.1 Å². The molecule has 1 aliphatic heterocycles. The monoisotopic (exact) mass is 629 g/mol. The van der Waals surface area contributed by atoms with E-state index in [4.69, 9.17) is 37.4 Å². The van der Waals surface area contributed by atoms with Gasteiger partial charge in [0.2, 0.25) is 5.95 Å². The largest absolute Gasteiger partial charge is 0.493 e. The minimum absolute atomic E-state index is 0.125. The molecule has 0 amide bonds. The van der Waals surface area contributed by atoms with E-state index in [-0.39, 0.29) is 13.2 Å². The molecule has 39 heavy (non-hydrogen) atoms. The number of ether oxygens (including phenoxy) is 3. The van der Waals surface area contributed by atoms with Crippen LogP contribution in [0.5, 0.6) is 11.5 Å². The van der Waals surface area contributed by atoms with E-state index in [9.17, 15) is 4.79 Å². The Hall–Kier alpha value is -3.60. The molecule has 12 heteroatoms. The summed E-state index contributed by atoms with van der Waals surface area (Å²) in [5, 5.41) is 16.0. The molecule has 5 rings (SSSR count). The molecule has 0 saturated heterocycles. The number of halogens is 3. The zero-order valence-electron chi connectivity index (χ0n) is 20.8. The predicted octanol–water partition coefficient (Wildman–Crippen LogP) is 6.36. The molecule has 2 heterocycles. The first-order valence-electron chi connectivity index (χ1n) is 11.8. The lowest BCUT2D eigenvalue weighted by Gasteiger charge is -2.28. The molecule has 1 aliphatic rings. The van der Waals surface area contributed by atoms with Gasteiger partial charge in [-0.2, -0.15) is 4.68 Å². The molecule has 1 atom stereocenters. The molecule has 4 aromatic rings. The van der Waals surface area contributed by atoms with Crippen LogP contribution in [0.3, 0.4) is 0 Å². The highest BCUT2D eigenvalue weighted by molar-refractivity contribution is 9.10. The van der Waals surface area contributed by atoms with Gasteiger partial charge in [-0.1, -0.05) is 64.7 Å². The minimum Gasteiger partial charge on any atom is -0.493 e. The number of carbonyl (C=O) groups excluding carboxylic acids is 1. The van der Waals surface area contributed by atoms with Gasteiger partial charge in [0.15, 0.2) is 11.5 Å². The standard InChI is InChI=1S/C27H22BrCl2N5O4/c1-15-23(26(36)39-13-16-6-4-3-5-7-16)24(35-27(31-15)32-33-34-35)18-11-19(28)25(22(12-18)37-2)38-14-17-8-9-20(29)21(30)10-17/h3-12,24H,13-14H2,1-2H3,(H,31,32,34). The van der Waals surface area contributed by atoms with Gasteiger partial charge in [-0.15, -0.1) is 0 Å². The van der Waals surface area contributed by atoms with Crippen LogP contribution in [-0.4, -0.2) is 33.3 Å². The number of hydrogen-bond acceptors (Lipinski definition) is 8. The Bertz CT molecular complexity index is 1560. The van der Waals surface area contributed by atoms with Crippen LogP contribution < -0.4 is 14.8 Å². The Morgan fingerprint density at radius 2 is 1.85 bits per heavy atom. The van der Waals surface area contributed by atoms with E-state index in [1.54, 1.807) is 32.2 Å². The molecule has 1 unspecified atom stereocenters. The Labute approximate surface area is 242 Å². The van der Waals surface area contributed by atoms with E-state index in [2.05, 4.69) is 36.8 Å². The fourth-order valence-corrected chi connectivity index (χ4v) is 5.10. The molecule has 0 spiro atoms. The Balaban J connectivity index is 1.47.